The minimum absolute atomic E-state index is 0.115. The normalized spacial score (nSPS) is 26.9. The van der Waals surface area contributed by atoms with Gasteiger partial charge in [0.15, 0.2) is 0 Å². The Morgan fingerprint density at radius 3 is 3.00 bits per heavy atom. The number of amides is 1. The first-order valence-electron chi connectivity index (χ1n) is 7.80. The second kappa shape index (κ2) is 6.39. The number of aromatic nitrogens is 3. The lowest BCUT2D eigenvalue weighted by molar-refractivity contribution is 0.0988. The summed E-state index contributed by atoms with van der Waals surface area (Å²) < 4.78 is 1.81. The van der Waals surface area contributed by atoms with Gasteiger partial charge in [-0.3, -0.25) is 4.79 Å². The first-order valence-corrected chi connectivity index (χ1v) is 7.80. The topological polar surface area (TPSA) is 77.0 Å². The van der Waals surface area contributed by atoms with E-state index in [0.717, 1.165) is 32.0 Å². The van der Waals surface area contributed by atoms with Crippen molar-refractivity contribution in [2.45, 2.75) is 38.1 Å². The van der Waals surface area contributed by atoms with Gasteiger partial charge in [-0.1, -0.05) is 12.2 Å². The molecule has 2 atom stereocenters. The minimum Gasteiger partial charge on any atom is -0.363 e. The van der Waals surface area contributed by atoms with Gasteiger partial charge >= 0.3 is 0 Å². The van der Waals surface area contributed by atoms with E-state index in [1.807, 2.05) is 4.68 Å². The van der Waals surface area contributed by atoms with E-state index < -0.39 is 5.91 Å². The molecule has 21 heavy (non-hydrogen) atoms. The smallest absolute Gasteiger partial charge is 0.288 e. The summed E-state index contributed by atoms with van der Waals surface area (Å²) in [5.41, 5.74) is 5.21. The van der Waals surface area contributed by atoms with Crippen molar-refractivity contribution >= 4 is 5.91 Å². The molecule has 1 fully saturated rings. The number of allylic oxidation sites excluding steroid dienone is 2. The fourth-order valence-electron chi connectivity index (χ4n) is 3.36. The summed E-state index contributed by atoms with van der Waals surface area (Å²) >= 11 is 0. The van der Waals surface area contributed by atoms with Crippen LogP contribution in [0.15, 0.2) is 18.5 Å². The van der Waals surface area contributed by atoms with Crippen LogP contribution in [0, 0.1) is 5.92 Å². The van der Waals surface area contributed by atoms with Crippen molar-refractivity contribution in [3.05, 3.63) is 24.3 Å². The van der Waals surface area contributed by atoms with Gasteiger partial charge in [-0.05, 0) is 44.6 Å². The van der Waals surface area contributed by atoms with Crippen molar-refractivity contribution in [1.29, 1.82) is 0 Å². The first-order chi connectivity index (χ1) is 10.2. The molecule has 0 spiro atoms. The van der Waals surface area contributed by atoms with Crippen LogP contribution in [-0.2, 0) is 0 Å². The molecule has 1 aliphatic heterocycles. The van der Waals surface area contributed by atoms with Gasteiger partial charge in [-0.15, -0.1) is 5.10 Å². The summed E-state index contributed by atoms with van der Waals surface area (Å²) in [7, 11) is 0. The van der Waals surface area contributed by atoms with Crippen molar-refractivity contribution in [3.63, 3.8) is 0 Å². The lowest BCUT2D eigenvalue weighted by Gasteiger charge is -2.35. The zero-order valence-electron chi connectivity index (χ0n) is 12.3. The van der Waals surface area contributed by atoms with Crippen molar-refractivity contribution in [3.8, 4) is 0 Å². The van der Waals surface area contributed by atoms with Crippen LogP contribution < -0.4 is 5.73 Å². The maximum atomic E-state index is 11.1. The molecule has 0 saturated carbocycles. The number of nitrogens with zero attached hydrogens (tertiary/aromatic N) is 4. The van der Waals surface area contributed by atoms with Crippen LogP contribution in [0.1, 0.15) is 48.8 Å². The molecule has 0 bridgehead atoms. The number of piperidine rings is 1. The van der Waals surface area contributed by atoms with E-state index in [0.29, 0.717) is 6.04 Å². The molecule has 1 saturated heterocycles. The molecule has 6 nitrogen and oxygen atoms in total. The van der Waals surface area contributed by atoms with Gasteiger partial charge < -0.3 is 10.6 Å². The molecule has 2 heterocycles. The summed E-state index contributed by atoms with van der Waals surface area (Å²) in [6, 6.07) is 0.304. The number of carbonyl (C=O) groups is 1. The standard InChI is InChI=1S/C15H23N5O/c16-14(21)15-17-11-20(18-15)13-7-4-8-19(10-13)9-12-5-2-1-3-6-12/h1-2,11-13H,3-10H2,(H2,16,21)/t12-,13-/m0/s1. The SMILES string of the molecule is NC(=O)c1ncn([C@H]2CCCN(C[C@H]3CC=CCC3)C2)n1. The molecule has 0 radical (unpaired) electrons. The highest BCUT2D eigenvalue weighted by molar-refractivity contribution is 5.88. The number of primary amides is 1. The maximum Gasteiger partial charge on any atom is 0.288 e. The lowest BCUT2D eigenvalue weighted by Crippen LogP contribution is -2.39. The van der Waals surface area contributed by atoms with Crippen LogP contribution in [0.3, 0.4) is 0 Å². The Labute approximate surface area is 125 Å². The van der Waals surface area contributed by atoms with Crippen LogP contribution in [0.2, 0.25) is 0 Å². The quantitative estimate of drug-likeness (QED) is 0.849. The Bertz CT molecular complexity index is 524. The van der Waals surface area contributed by atoms with E-state index in [4.69, 9.17) is 5.73 Å². The molecule has 2 N–H and O–H groups in total. The average Bonchev–Trinajstić information content (AvgIpc) is 2.99. The number of nitrogens with two attached hydrogens (primary N) is 1. The highest BCUT2D eigenvalue weighted by Gasteiger charge is 2.24. The second-order valence-corrected chi connectivity index (χ2v) is 6.12. The molecule has 114 valence electrons. The monoisotopic (exact) mass is 289 g/mol. The summed E-state index contributed by atoms with van der Waals surface area (Å²) in [4.78, 5) is 17.6. The van der Waals surface area contributed by atoms with E-state index in [2.05, 4.69) is 27.1 Å². The van der Waals surface area contributed by atoms with Gasteiger partial charge in [-0.25, -0.2) is 9.67 Å². The van der Waals surface area contributed by atoms with Crippen molar-refractivity contribution in [2.75, 3.05) is 19.6 Å². The van der Waals surface area contributed by atoms with Crippen LogP contribution in [0.25, 0.3) is 0 Å². The van der Waals surface area contributed by atoms with Gasteiger partial charge in [0.2, 0.25) is 5.82 Å². The second-order valence-electron chi connectivity index (χ2n) is 6.12. The number of hydrogen-bond acceptors (Lipinski definition) is 4. The maximum absolute atomic E-state index is 11.1. The fourth-order valence-corrected chi connectivity index (χ4v) is 3.36. The number of rotatable bonds is 4. The van der Waals surface area contributed by atoms with E-state index in [-0.39, 0.29) is 5.82 Å². The third kappa shape index (κ3) is 3.50. The van der Waals surface area contributed by atoms with Gasteiger partial charge in [0.1, 0.15) is 6.33 Å². The van der Waals surface area contributed by atoms with Crippen molar-refractivity contribution in [1.82, 2.24) is 19.7 Å². The molecule has 6 heteroatoms. The zero-order chi connectivity index (χ0) is 14.7. The number of hydrogen-bond donors (Lipinski definition) is 1. The van der Waals surface area contributed by atoms with Crippen molar-refractivity contribution < 1.29 is 4.79 Å². The van der Waals surface area contributed by atoms with E-state index in [1.165, 1.54) is 25.7 Å². The average molecular weight is 289 g/mol. The van der Waals surface area contributed by atoms with Crippen LogP contribution >= 0.6 is 0 Å². The Balaban J connectivity index is 1.59. The van der Waals surface area contributed by atoms with E-state index in [1.54, 1.807) is 6.33 Å². The molecular formula is C15H23N5O. The fraction of sp³-hybridized carbons (Fsp3) is 0.667. The van der Waals surface area contributed by atoms with Gasteiger partial charge in [0.25, 0.3) is 5.91 Å². The van der Waals surface area contributed by atoms with E-state index >= 15 is 0 Å². The predicted octanol–water partition coefficient (Wildman–Crippen LogP) is 1.37. The molecule has 1 aromatic rings. The Hall–Kier alpha value is -1.69. The number of likely N-dealkylation sites (tertiary alicyclic amines) is 1. The largest absolute Gasteiger partial charge is 0.363 e. The molecule has 0 aromatic carbocycles. The molecule has 1 amide bonds. The molecular weight excluding hydrogens is 266 g/mol. The van der Waals surface area contributed by atoms with Crippen LogP contribution in [0.4, 0.5) is 0 Å². The Kier molecular flexibility index (Phi) is 4.34. The minimum atomic E-state index is -0.560. The third-order valence-electron chi connectivity index (χ3n) is 4.48. The third-order valence-corrected chi connectivity index (χ3v) is 4.48. The zero-order valence-corrected chi connectivity index (χ0v) is 12.3. The van der Waals surface area contributed by atoms with Crippen LogP contribution in [-0.4, -0.2) is 45.2 Å². The molecule has 1 aromatic heterocycles. The lowest BCUT2D eigenvalue weighted by atomic mass is 9.93. The molecule has 2 aliphatic rings. The van der Waals surface area contributed by atoms with E-state index in [9.17, 15) is 4.79 Å². The highest BCUT2D eigenvalue weighted by atomic mass is 16.1. The summed E-state index contributed by atoms with van der Waals surface area (Å²) in [5.74, 6) is 0.339. The van der Waals surface area contributed by atoms with Crippen molar-refractivity contribution in [2.24, 2.45) is 11.7 Å². The molecule has 3 rings (SSSR count). The highest BCUT2D eigenvalue weighted by Crippen LogP contribution is 2.24. The van der Waals surface area contributed by atoms with Crippen LogP contribution in [0.5, 0.6) is 0 Å². The number of carbonyl (C=O) groups excluding carboxylic acids is 1. The molecule has 0 unspecified atom stereocenters. The first kappa shape index (κ1) is 14.3. The Morgan fingerprint density at radius 2 is 2.29 bits per heavy atom. The summed E-state index contributed by atoms with van der Waals surface area (Å²) in [6.07, 6.45) is 12.2. The summed E-state index contributed by atoms with van der Waals surface area (Å²) in [6.45, 7) is 3.31. The molecule has 1 aliphatic carbocycles. The summed E-state index contributed by atoms with van der Waals surface area (Å²) in [5, 5.41) is 4.21. The van der Waals surface area contributed by atoms with Gasteiger partial charge in [0.05, 0.1) is 6.04 Å². The predicted molar refractivity (Wildman–Crippen MR) is 79.7 cm³/mol. The Morgan fingerprint density at radius 1 is 1.38 bits per heavy atom. The van der Waals surface area contributed by atoms with Gasteiger partial charge in [-0.2, -0.15) is 0 Å². The van der Waals surface area contributed by atoms with Gasteiger partial charge in [0, 0.05) is 13.1 Å².